The van der Waals surface area contributed by atoms with E-state index in [0.29, 0.717) is 17.9 Å². The highest BCUT2D eigenvalue weighted by atomic mass is 16.5. The quantitative estimate of drug-likeness (QED) is 0.634. The number of benzene rings is 1. The molecule has 0 heterocycles. The van der Waals surface area contributed by atoms with Crippen LogP contribution in [0.2, 0.25) is 0 Å². The standard InChI is InChI=1S/C18H25NO3/c1-2-3-12-22-18(21)15-10-7-11-16(13-15)19-17(20)14-8-5-4-6-9-14/h7,10-11,13-14H,2-6,8-9,12H2,1H3,(H,19,20). The molecular weight excluding hydrogens is 278 g/mol. The summed E-state index contributed by atoms with van der Waals surface area (Å²) in [6.45, 7) is 2.49. The third-order valence-corrected chi connectivity index (χ3v) is 4.07. The van der Waals surface area contributed by atoms with Crippen molar-refractivity contribution in [2.24, 2.45) is 5.92 Å². The molecule has 0 aliphatic heterocycles. The summed E-state index contributed by atoms with van der Waals surface area (Å²) in [6.07, 6.45) is 7.26. The lowest BCUT2D eigenvalue weighted by atomic mass is 9.88. The minimum absolute atomic E-state index is 0.0659. The number of rotatable bonds is 6. The number of carbonyl (C=O) groups excluding carboxylic acids is 2. The first kappa shape index (κ1) is 16.5. The molecule has 22 heavy (non-hydrogen) atoms. The van der Waals surface area contributed by atoms with Gasteiger partial charge < -0.3 is 10.1 Å². The highest BCUT2D eigenvalue weighted by Crippen LogP contribution is 2.25. The van der Waals surface area contributed by atoms with E-state index in [1.807, 2.05) is 6.07 Å². The normalized spacial score (nSPS) is 15.3. The Morgan fingerprint density at radius 3 is 2.73 bits per heavy atom. The SMILES string of the molecule is CCCCOC(=O)c1cccc(NC(=O)C2CCCCC2)c1. The average Bonchev–Trinajstić information content (AvgIpc) is 2.56. The monoisotopic (exact) mass is 303 g/mol. The first-order valence-corrected chi connectivity index (χ1v) is 8.28. The maximum absolute atomic E-state index is 12.2. The first-order chi connectivity index (χ1) is 10.7. The van der Waals surface area contributed by atoms with Crippen LogP contribution in [0.4, 0.5) is 5.69 Å². The highest BCUT2D eigenvalue weighted by Gasteiger charge is 2.21. The van der Waals surface area contributed by atoms with Gasteiger partial charge in [-0.3, -0.25) is 4.79 Å². The number of nitrogens with one attached hydrogen (secondary N) is 1. The number of anilines is 1. The Balaban J connectivity index is 1.92. The molecule has 2 rings (SSSR count). The maximum Gasteiger partial charge on any atom is 0.338 e. The molecular formula is C18H25NO3. The Morgan fingerprint density at radius 2 is 2.00 bits per heavy atom. The fourth-order valence-corrected chi connectivity index (χ4v) is 2.73. The minimum Gasteiger partial charge on any atom is -0.462 e. The lowest BCUT2D eigenvalue weighted by Gasteiger charge is -2.20. The summed E-state index contributed by atoms with van der Waals surface area (Å²) >= 11 is 0. The van der Waals surface area contributed by atoms with Crippen LogP contribution in [0.3, 0.4) is 0 Å². The summed E-state index contributed by atoms with van der Waals surface area (Å²) in [5, 5.41) is 2.93. The van der Waals surface area contributed by atoms with Crippen molar-refractivity contribution in [3.63, 3.8) is 0 Å². The Bertz CT molecular complexity index is 507. The number of esters is 1. The predicted octanol–water partition coefficient (Wildman–Crippen LogP) is 4.16. The largest absolute Gasteiger partial charge is 0.462 e. The molecule has 1 N–H and O–H groups in total. The number of unbranched alkanes of at least 4 members (excludes halogenated alkanes) is 1. The van der Waals surface area contributed by atoms with E-state index < -0.39 is 0 Å². The molecule has 0 saturated heterocycles. The van der Waals surface area contributed by atoms with Crippen molar-refractivity contribution in [2.75, 3.05) is 11.9 Å². The molecule has 0 bridgehead atoms. The molecule has 120 valence electrons. The van der Waals surface area contributed by atoms with Gasteiger partial charge in [-0.15, -0.1) is 0 Å². The smallest absolute Gasteiger partial charge is 0.338 e. The van der Waals surface area contributed by atoms with Gasteiger partial charge in [-0.05, 0) is 37.5 Å². The van der Waals surface area contributed by atoms with Crippen molar-refractivity contribution < 1.29 is 14.3 Å². The van der Waals surface area contributed by atoms with Crippen LogP contribution in [0, 0.1) is 5.92 Å². The fraction of sp³-hybridized carbons (Fsp3) is 0.556. The predicted molar refractivity (Wildman–Crippen MR) is 86.8 cm³/mol. The molecule has 0 unspecified atom stereocenters. The van der Waals surface area contributed by atoms with Crippen molar-refractivity contribution in [1.29, 1.82) is 0 Å². The second kappa shape index (κ2) is 8.57. The molecule has 0 radical (unpaired) electrons. The second-order valence-corrected chi connectivity index (χ2v) is 5.89. The Hall–Kier alpha value is -1.84. The molecule has 1 aromatic carbocycles. The zero-order valence-corrected chi connectivity index (χ0v) is 13.3. The molecule has 1 fully saturated rings. The number of hydrogen-bond donors (Lipinski definition) is 1. The number of amides is 1. The van der Waals surface area contributed by atoms with Gasteiger partial charge in [0, 0.05) is 11.6 Å². The Labute approximate surface area is 132 Å². The van der Waals surface area contributed by atoms with Crippen molar-refractivity contribution in [3.05, 3.63) is 29.8 Å². The van der Waals surface area contributed by atoms with E-state index >= 15 is 0 Å². The summed E-state index contributed by atoms with van der Waals surface area (Å²) in [5.74, 6) is -0.160. The molecule has 4 nitrogen and oxygen atoms in total. The third-order valence-electron chi connectivity index (χ3n) is 4.07. The van der Waals surface area contributed by atoms with E-state index in [1.165, 1.54) is 6.42 Å². The van der Waals surface area contributed by atoms with E-state index in [1.54, 1.807) is 18.2 Å². The number of hydrogen-bond acceptors (Lipinski definition) is 3. The van der Waals surface area contributed by atoms with Gasteiger partial charge in [0.1, 0.15) is 0 Å². The van der Waals surface area contributed by atoms with Gasteiger partial charge in [0.15, 0.2) is 0 Å². The van der Waals surface area contributed by atoms with Crippen LogP contribution in [0.25, 0.3) is 0 Å². The van der Waals surface area contributed by atoms with Crippen LogP contribution >= 0.6 is 0 Å². The van der Waals surface area contributed by atoms with Gasteiger partial charge in [0.05, 0.1) is 12.2 Å². The summed E-state index contributed by atoms with van der Waals surface area (Å²) in [6, 6.07) is 6.98. The van der Waals surface area contributed by atoms with Crippen LogP contribution in [-0.2, 0) is 9.53 Å². The van der Waals surface area contributed by atoms with Gasteiger partial charge in [0.2, 0.25) is 5.91 Å². The van der Waals surface area contributed by atoms with E-state index in [-0.39, 0.29) is 17.8 Å². The van der Waals surface area contributed by atoms with Gasteiger partial charge in [-0.1, -0.05) is 38.7 Å². The minimum atomic E-state index is -0.331. The number of carbonyl (C=O) groups is 2. The fourth-order valence-electron chi connectivity index (χ4n) is 2.73. The van der Waals surface area contributed by atoms with Crippen LogP contribution in [0.5, 0.6) is 0 Å². The van der Waals surface area contributed by atoms with Gasteiger partial charge in [-0.25, -0.2) is 4.79 Å². The van der Waals surface area contributed by atoms with Crippen LogP contribution in [0.15, 0.2) is 24.3 Å². The molecule has 1 amide bonds. The van der Waals surface area contributed by atoms with E-state index in [2.05, 4.69) is 12.2 Å². The zero-order valence-electron chi connectivity index (χ0n) is 13.3. The van der Waals surface area contributed by atoms with Crippen molar-refractivity contribution in [2.45, 2.75) is 51.9 Å². The van der Waals surface area contributed by atoms with E-state index in [0.717, 1.165) is 38.5 Å². The lowest BCUT2D eigenvalue weighted by Crippen LogP contribution is -2.24. The molecule has 0 atom stereocenters. The molecule has 4 heteroatoms. The van der Waals surface area contributed by atoms with E-state index in [9.17, 15) is 9.59 Å². The number of ether oxygens (including phenoxy) is 1. The summed E-state index contributed by atoms with van der Waals surface area (Å²) in [4.78, 5) is 24.2. The highest BCUT2D eigenvalue weighted by molar-refractivity contribution is 5.95. The van der Waals surface area contributed by atoms with Crippen molar-refractivity contribution >= 4 is 17.6 Å². The van der Waals surface area contributed by atoms with Crippen LogP contribution in [0.1, 0.15) is 62.2 Å². The van der Waals surface area contributed by atoms with Crippen LogP contribution < -0.4 is 5.32 Å². The lowest BCUT2D eigenvalue weighted by molar-refractivity contribution is -0.120. The van der Waals surface area contributed by atoms with Crippen molar-refractivity contribution in [3.8, 4) is 0 Å². The molecule has 1 aliphatic rings. The Kier molecular flexibility index (Phi) is 6.44. The first-order valence-electron chi connectivity index (χ1n) is 8.28. The third kappa shape index (κ3) is 4.86. The molecule has 0 aromatic heterocycles. The summed E-state index contributed by atoms with van der Waals surface area (Å²) < 4.78 is 5.19. The topological polar surface area (TPSA) is 55.4 Å². The summed E-state index contributed by atoms with van der Waals surface area (Å²) in [7, 11) is 0. The second-order valence-electron chi connectivity index (χ2n) is 5.89. The van der Waals surface area contributed by atoms with Gasteiger partial charge in [0.25, 0.3) is 0 Å². The van der Waals surface area contributed by atoms with Crippen molar-refractivity contribution in [1.82, 2.24) is 0 Å². The summed E-state index contributed by atoms with van der Waals surface area (Å²) in [5.41, 5.74) is 1.15. The molecule has 0 spiro atoms. The van der Waals surface area contributed by atoms with E-state index in [4.69, 9.17) is 4.74 Å². The van der Waals surface area contributed by atoms with Crippen LogP contribution in [-0.4, -0.2) is 18.5 Å². The molecule has 1 aromatic rings. The molecule has 1 saturated carbocycles. The zero-order chi connectivity index (χ0) is 15.8. The maximum atomic E-state index is 12.2. The van der Waals surface area contributed by atoms with Gasteiger partial charge >= 0.3 is 5.97 Å². The average molecular weight is 303 g/mol. The Morgan fingerprint density at radius 1 is 1.23 bits per heavy atom. The van der Waals surface area contributed by atoms with Gasteiger partial charge in [-0.2, -0.15) is 0 Å². The molecule has 1 aliphatic carbocycles.